The van der Waals surface area contributed by atoms with Crippen LogP contribution >= 0.6 is 11.6 Å². The average molecular weight is 476 g/mol. The lowest BCUT2D eigenvalue weighted by Gasteiger charge is -2.24. The number of halogens is 1. The van der Waals surface area contributed by atoms with Crippen molar-refractivity contribution in [1.29, 1.82) is 0 Å². The maximum Gasteiger partial charge on any atom is 0.326 e. The van der Waals surface area contributed by atoms with Gasteiger partial charge < -0.3 is 26.2 Å². The maximum absolute atomic E-state index is 13.1. The quantitative estimate of drug-likeness (QED) is 0.395. The minimum absolute atomic E-state index is 0.146. The van der Waals surface area contributed by atoms with Gasteiger partial charge in [0.2, 0.25) is 5.91 Å². The van der Waals surface area contributed by atoms with Crippen LogP contribution in [0.25, 0.3) is 0 Å². The summed E-state index contributed by atoms with van der Waals surface area (Å²) in [5.41, 5.74) is 6.69. The molecular formula is C24H30ClN3O5. The molecule has 2 rings (SSSR count). The van der Waals surface area contributed by atoms with Gasteiger partial charge in [-0.25, -0.2) is 4.79 Å². The molecule has 0 bridgehead atoms. The number of rotatable bonds is 11. The Balaban J connectivity index is 2.30. The van der Waals surface area contributed by atoms with E-state index in [1.807, 2.05) is 30.3 Å². The number of aliphatic carboxylic acids is 1. The Hall–Kier alpha value is -3.10. The Morgan fingerprint density at radius 2 is 1.73 bits per heavy atom. The molecule has 0 spiro atoms. The zero-order valence-electron chi connectivity index (χ0n) is 18.9. The first-order chi connectivity index (χ1) is 15.6. The van der Waals surface area contributed by atoms with E-state index in [0.717, 1.165) is 5.56 Å². The fraction of sp³-hybridized carbons (Fsp3) is 0.375. The average Bonchev–Trinajstić information content (AvgIpc) is 2.76. The van der Waals surface area contributed by atoms with Gasteiger partial charge >= 0.3 is 5.97 Å². The molecule has 0 fully saturated rings. The van der Waals surface area contributed by atoms with Crippen LogP contribution in [0.1, 0.15) is 36.7 Å². The van der Waals surface area contributed by atoms with Crippen LogP contribution < -0.4 is 21.1 Å². The number of carbonyl (C=O) groups excluding carboxylic acids is 2. The monoisotopic (exact) mass is 475 g/mol. The van der Waals surface area contributed by atoms with Crippen LogP contribution in [0, 0.1) is 5.92 Å². The first-order valence-electron chi connectivity index (χ1n) is 10.6. The summed E-state index contributed by atoms with van der Waals surface area (Å²) >= 11 is 6.09. The van der Waals surface area contributed by atoms with E-state index in [2.05, 4.69) is 10.6 Å². The maximum atomic E-state index is 13.1. The van der Waals surface area contributed by atoms with Crippen molar-refractivity contribution in [3.05, 3.63) is 64.7 Å². The van der Waals surface area contributed by atoms with Crippen molar-refractivity contribution in [3.63, 3.8) is 0 Å². The summed E-state index contributed by atoms with van der Waals surface area (Å²) in [6, 6.07) is 11.3. The molecule has 0 unspecified atom stereocenters. The van der Waals surface area contributed by atoms with Crippen molar-refractivity contribution in [1.82, 2.24) is 10.6 Å². The van der Waals surface area contributed by atoms with Gasteiger partial charge in [0.1, 0.15) is 24.4 Å². The fourth-order valence-electron chi connectivity index (χ4n) is 3.09. The van der Waals surface area contributed by atoms with Gasteiger partial charge in [0, 0.05) is 17.5 Å². The van der Waals surface area contributed by atoms with Crippen molar-refractivity contribution >= 4 is 29.4 Å². The van der Waals surface area contributed by atoms with Crippen LogP contribution in [-0.2, 0) is 16.0 Å². The van der Waals surface area contributed by atoms with Crippen molar-refractivity contribution in [2.45, 2.75) is 45.3 Å². The van der Waals surface area contributed by atoms with Crippen molar-refractivity contribution < 1.29 is 24.2 Å². The van der Waals surface area contributed by atoms with Crippen LogP contribution in [0.2, 0.25) is 5.02 Å². The van der Waals surface area contributed by atoms with E-state index >= 15 is 0 Å². The van der Waals surface area contributed by atoms with E-state index in [1.165, 1.54) is 6.07 Å². The Kier molecular flexibility index (Phi) is 9.69. The van der Waals surface area contributed by atoms with E-state index in [1.54, 1.807) is 32.9 Å². The van der Waals surface area contributed by atoms with Crippen LogP contribution in [-0.4, -0.2) is 47.6 Å². The van der Waals surface area contributed by atoms with Gasteiger partial charge in [0.05, 0.1) is 5.56 Å². The number of carboxylic acids is 1. The highest BCUT2D eigenvalue weighted by Gasteiger charge is 2.29. The van der Waals surface area contributed by atoms with Gasteiger partial charge in [0.15, 0.2) is 0 Å². The summed E-state index contributed by atoms with van der Waals surface area (Å²) in [5.74, 6) is -2.40. The number of carboxylic acid groups (broad SMARTS) is 1. The third-order valence-electron chi connectivity index (χ3n) is 4.82. The van der Waals surface area contributed by atoms with Crippen LogP contribution in [0.3, 0.4) is 0 Å². The Morgan fingerprint density at radius 1 is 1.06 bits per heavy atom. The number of ether oxygens (including phenoxy) is 1. The molecule has 2 amide bonds. The summed E-state index contributed by atoms with van der Waals surface area (Å²) in [6.45, 7) is 5.34. The second kappa shape index (κ2) is 12.2. The molecule has 0 aliphatic rings. The number of carbonyl (C=O) groups is 3. The minimum atomic E-state index is -1.15. The zero-order valence-corrected chi connectivity index (χ0v) is 19.6. The second-order valence-corrected chi connectivity index (χ2v) is 8.65. The number of nitrogens with one attached hydrogen (secondary N) is 2. The van der Waals surface area contributed by atoms with E-state index in [9.17, 15) is 19.5 Å². The number of hydrogen-bond acceptors (Lipinski definition) is 5. The molecule has 9 heteroatoms. The Morgan fingerprint density at radius 3 is 2.30 bits per heavy atom. The molecular weight excluding hydrogens is 446 g/mol. The second-order valence-electron chi connectivity index (χ2n) is 8.21. The highest BCUT2D eigenvalue weighted by atomic mass is 35.5. The Bertz CT molecular complexity index is 966. The third kappa shape index (κ3) is 8.07. The zero-order chi connectivity index (χ0) is 24.5. The van der Waals surface area contributed by atoms with Gasteiger partial charge in [-0.3, -0.25) is 9.59 Å². The molecule has 0 saturated heterocycles. The topological polar surface area (TPSA) is 131 Å². The van der Waals surface area contributed by atoms with E-state index in [0.29, 0.717) is 5.02 Å². The highest BCUT2D eigenvalue weighted by molar-refractivity contribution is 6.31. The molecule has 0 aliphatic heterocycles. The van der Waals surface area contributed by atoms with Crippen LogP contribution in [0.15, 0.2) is 48.5 Å². The SMILES string of the molecule is CC(C)[C@H](NC(=O)[C@H](Cc1ccccc1)NC(=O)c1cc(Cl)ccc1OC[C@H](C)N)C(=O)O. The number of nitrogens with two attached hydrogens (primary N) is 1. The molecule has 2 aromatic carbocycles. The van der Waals surface area contributed by atoms with Crippen LogP contribution in [0.4, 0.5) is 0 Å². The molecule has 0 radical (unpaired) electrons. The van der Waals surface area contributed by atoms with Crippen molar-refractivity contribution in [2.75, 3.05) is 6.61 Å². The number of amides is 2. The summed E-state index contributed by atoms with van der Waals surface area (Å²) in [6.07, 6.45) is 0.166. The minimum Gasteiger partial charge on any atom is -0.491 e. The highest BCUT2D eigenvalue weighted by Crippen LogP contribution is 2.23. The van der Waals surface area contributed by atoms with Crippen molar-refractivity contribution in [2.24, 2.45) is 11.7 Å². The van der Waals surface area contributed by atoms with Gasteiger partial charge in [-0.15, -0.1) is 0 Å². The molecule has 0 saturated carbocycles. The predicted molar refractivity (Wildman–Crippen MR) is 126 cm³/mol. The smallest absolute Gasteiger partial charge is 0.326 e. The largest absolute Gasteiger partial charge is 0.491 e. The summed E-state index contributed by atoms with van der Waals surface area (Å²) in [7, 11) is 0. The molecule has 8 nitrogen and oxygen atoms in total. The summed E-state index contributed by atoms with van der Waals surface area (Å²) in [5, 5.41) is 15.0. The number of benzene rings is 2. The third-order valence-corrected chi connectivity index (χ3v) is 5.06. The molecule has 0 heterocycles. The molecule has 5 N–H and O–H groups in total. The van der Waals surface area contributed by atoms with Gasteiger partial charge in [0.25, 0.3) is 5.91 Å². The molecule has 3 atom stereocenters. The normalized spacial score (nSPS) is 13.6. The molecule has 0 aliphatic carbocycles. The van der Waals surface area contributed by atoms with E-state index in [-0.39, 0.29) is 36.3 Å². The lowest BCUT2D eigenvalue weighted by molar-refractivity contribution is -0.143. The van der Waals surface area contributed by atoms with Crippen LogP contribution in [0.5, 0.6) is 5.75 Å². The molecule has 178 valence electrons. The van der Waals surface area contributed by atoms with E-state index in [4.69, 9.17) is 22.1 Å². The predicted octanol–water partition coefficient (Wildman–Crippen LogP) is 2.63. The number of hydrogen-bond donors (Lipinski definition) is 4. The molecule has 33 heavy (non-hydrogen) atoms. The first kappa shape index (κ1) is 26.2. The van der Waals surface area contributed by atoms with Gasteiger partial charge in [-0.2, -0.15) is 0 Å². The Labute approximate surface area is 198 Å². The summed E-state index contributed by atoms with van der Waals surface area (Å²) < 4.78 is 5.64. The van der Waals surface area contributed by atoms with E-state index < -0.39 is 29.9 Å². The van der Waals surface area contributed by atoms with Crippen molar-refractivity contribution in [3.8, 4) is 5.75 Å². The lowest BCUT2D eigenvalue weighted by atomic mass is 10.0. The van der Waals surface area contributed by atoms with Gasteiger partial charge in [-0.1, -0.05) is 55.8 Å². The fourth-order valence-corrected chi connectivity index (χ4v) is 3.26. The standard InChI is InChI=1S/C24H30ClN3O5/c1-14(2)21(24(31)32)28-23(30)19(11-16-7-5-4-6-8-16)27-22(29)18-12-17(25)9-10-20(18)33-13-15(3)26/h4-10,12,14-15,19,21H,11,13,26H2,1-3H3,(H,27,29)(H,28,30)(H,31,32)/t15-,19-,21-/m0/s1. The summed E-state index contributed by atoms with van der Waals surface area (Å²) in [4.78, 5) is 37.7. The molecule has 0 aromatic heterocycles. The first-order valence-corrected chi connectivity index (χ1v) is 11.0. The molecule has 2 aromatic rings. The lowest BCUT2D eigenvalue weighted by Crippen LogP contribution is -2.53. The van der Waals surface area contributed by atoms with Gasteiger partial charge in [-0.05, 0) is 36.6 Å².